The van der Waals surface area contributed by atoms with Crippen LogP contribution in [0.15, 0.2) is 24.6 Å². The molecule has 1 rings (SSSR count). The van der Waals surface area contributed by atoms with Crippen molar-refractivity contribution in [1.29, 1.82) is 0 Å². The number of hydrogen-bond donors (Lipinski definition) is 1. The molecule has 1 N–H and O–H groups in total. The largest absolute Gasteiger partial charge is 0.416 e. The standard InChI is InChI=1S/C5H5NO2/c1-4-2-3-6-5(7)8-4/h2-3H,1H2,(H,6,7). The Hall–Kier alpha value is -1.25. The van der Waals surface area contributed by atoms with Crippen LogP contribution in [0.5, 0.6) is 0 Å². The van der Waals surface area contributed by atoms with Crippen molar-refractivity contribution in [1.82, 2.24) is 5.32 Å². The lowest BCUT2D eigenvalue weighted by molar-refractivity contribution is 0.180. The summed E-state index contributed by atoms with van der Waals surface area (Å²) in [5, 5.41) is 2.31. The molecule has 8 heavy (non-hydrogen) atoms. The molecule has 0 aliphatic carbocycles. The Bertz CT molecular complexity index is 160. The van der Waals surface area contributed by atoms with Gasteiger partial charge in [0.1, 0.15) is 5.76 Å². The predicted octanol–water partition coefficient (Wildman–Crippen LogP) is 0.754. The summed E-state index contributed by atoms with van der Waals surface area (Å²) in [6.07, 6.45) is 2.58. The van der Waals surface area contributed by atoms with Gasteiger partial charge < -0.3 is 4.74 Å². The second kappa shape index (κ2) is 1.69. The third kappa shape index (κ3) is 0.872. The van der Waals surface area contributed by atoms with Crippen LogP contribution in [0, 0.1) is 0 Å². The quantitative estimate of drug-likeness (QED) is 0.501. The van der Waals surface area contributed by atoms with Gasteiger partial charge in [0.25, 0.3) is 0 Å². The zero-order chi connectivity index (χ0) is 5.98. The van der Waals surface area contributed by atoms with E-state index in [0.717, 1.165) is 0 Å². The maximum atomic E-state index is 10.2. The first-order valence-corrected chi connectivity index (χ1v) is 2.13. The van der Waals surface area contributed by atoms with Gasteiger partial charge in [-0.25, -0.2) is 4.79 Å². The molecular weight excluding hydrogens is 106 g/mol. The molecule has 0 unspecified atom stereocenters. The predicted molar refractivity (Wildman–Crippen MR) is 27.9 cm³/mol. The zero-order valence-electron chi connectivity index (χ0n) is 4.18. The van der Waals surface area contributed by atoms with Crippen LogP contribution in [-0.4, -0.2) is 6.09 Å². The normalized spacial score (nSPS) is 17.5. The highest BCUT2D eigenvalue weighted by molar-refractivity contribution is 5.71. The monoisotopic (exact) mass is 111 g/mol. The van der Waals surface area contributed by atoms with Crippen molar-refractivity contribution in [3.8, 4) is 0 Å². The van der Waals surface area contributed by atoms with Gasteiger partial charge in [-0.1, -0.05) is 6.58 Å². The molecule has 0 aromatic heterocycles. The van der Waals surface area contributed by atoms with Crippen LogP contribution in [0.2, 0.25) is 0 Å². The number of ether oxygens (including phenoxy) is 1. The minimum atomic E-state index is -0.475. The SMILES string of the molecule is C=C1C=CNC(=O)O1. The molecule has 42 valence electrons. The van der Waals surface area contributed by atoms with E-state index in [2.05, 4.69) is 16.6 Å². The Kier molecular flexibility index (Phi) is 1.04. The highest BCUT2D eigenvalue weighted by atomic mass is 16.6. The van der Waals surface area contributed by atoms with E-state index in [0.29, 0.717) is 5.76 Å². The average molecular weight is 111 g/mol. The zero-order valence-corrected chi connectivity index (χ0v) is 4.18. The Morgan fingerprint density at radius 3 is 2.88 bits per heavy atom. The Balaban J connectivity index is 2.68. The summed E-state index contributed by atoms with van der Waals surface area (Å²) < 4.78 is 4.45. The van der Waals surface area contributed by atoms with Crippen molar-refractivity contribution >= 4 is 6.09 Å². The number of allylic oxidation sites excluding steroid dienone is 1. The lowest BCUT2D eigenvalue weighted by Crippen LogP contribution is -2.20. The third-order valence-corrected chi connectivity index (χ3v) is 0.694. The van der Waals surface area contributed by atoms with Gasteiger partial charge in [0, 0.05) is 6.20 Å². The maximum Gasteiger partial charge on any atom is 0.416 e. The first-order chi connectivity index (χ1) is 3.79. The number of alkyl carbamates (subject to hydrolysis) is 1. The fraction of sp³-hybridized carbons (Fsp3) is 0. The molecule has 0 spiro atoms. The summed E-state index contributed by atoms with van der Waals surface area (Å²) in [5.74, 6) is 0.369. The molecule has 0 aromatic rings. The van der Waals surface area contributed by atoms with Crippen LogP contribution in [0.4, 0.5) is 4.79 Å². The van der Waals surface area contributed by atoms with E-state index in [1.54, 1.807) is 6.08 Å². The van der Waals surface area contributed by atoms with Crippen molar-refractivity contribution in [2.75, 3.05) is 0 Å². The van der Waals surface area contributed by atoms with E-state index < -0.39 is 6.09 Å². The van der Waals surface area contributed by atoms with E-state index in [1.165, 1.54) is 6.20 Å². The van der Waals surface area contributed by atoms with Gasteiger partial charge in [-0.3, -0.25) is 5.32 Å². The highest BCUT2D eigenvalue weighted by Crippen LogP contribution is 1.99. The fourth-order valence-electron chi connectivity index (χ4n) is 0.385. The molecule has 0 atom stereocenters. The number of carbonyl (C=O) groups excluding carboxylic acids is 1. The van der Waals surface area contributed by atoms with Crippen molar-refractivity contribution in [3.63, 3.8) is 0 Å². The maximum absolute atomic E-state index is 10.2. The van der Waals surface area contributed by atoms with Gasteiger partial charge in [0.15, 0.2) is 0 Å². The number of carbonyl (C=O) groups is 1. The number of cyclic esters (lactones) is 1. The van der Waals surface area contributed by atoms with Crippen molar-refractivity contribution in [3.05, 3.63) is 24.6 Å². The smallest absolute Gasteiger partial charge is 0.411 e. The number of rotatable bonds is 0. The Morgan fingerprint density at radius 1 is 1.75 bits per heavy atom. The minimum Gasteiger partial charge on any atom is -0.411 e. The lowest BCUT2D eigenvalue weighted by atomic mass is 10.5. The summed E-state index contributed by atoms with van der Waals surface area (Å²) in [7, 11) is 0. The van der Waals surface area contributed by atoms with E-state index in [4.69, 9.17) is 0 Å². The van der Waals surface area contributed by atoms with E-state index >= 15 is 0 Å². The third-order valence-electron chi connectivity index (χ3n) is 0.694. The molecule has 1 heterocycles. The van der Waals surface area contributed by atoms with Crippen LogP contribution in [-0.2, 0) is 4.74 Å². The van der Waals surface area contributed by atoms with Crippen LogP contribution in [0.25, 0.3) is 0 Å². The van der Waals surface area contributed by atoms with E-state index in [1.807, 2.05) is 0 Å². The number of amides is 1. The number of hydrogen-bond acceptors (Lipinski definition) is 2. The van der Waals surface area contributed by atoms with Crippen LogP contribution in [0.3, 0.4) is 0 Å². The number of nitrogens with one attached hydrogen (secondary N) is 1. The van der Waals surface area contributed by atoms with Gasteiger partial charge in [-0.15, -0.1) is 0 Å². The molecule has 3 heteroatoms. The summed E-state index contributed by atoms with van der Waals surface area (Å²) in [4.78, 5) is 10.2. The van der Waals surface area contributed by atoms with E-state index in [9.17, 15) is 4.79 Å². The highest BCUT2D eigenvalue weighted by Gasteiger charge is 2.03. The molecule has 3 nitrogen and oxygen atoms in total. The van der Waals surface area contributed by atoms with E-state index in [-0.39, 0.29) is 0 Å². The van der Waals surface area contributed by atoms with Crippen LogP contribution in [0.1, 0.15) is 0 Å². The molecule has 0 saturated heterocycles. The second-order valence-electron chi connectivity index (χ2n) is 1.33. The van der Waals surface area contributed by atoms with Gasteiger partial charge in [0.05, 0.1) is 0 Å². The average Bonchev–Trinajstić information content (AvgIpc) is 1.64. The molecule has 1 amide bonds. The lowest BCUT2D eigenvalue weighted by Gasteiger charge is -2.06. The van der Waals surface area contributed by atoms with Gasteiger partial charge >= 0.3 is 6.09 Å². The van der Waals surface area contributed by atoms with Crippen LogP contribution < -0.4 is 5.32 Å². The summed E-state index contributed by atoms with van der Waals surface area (Å²) in [5.41, 5.74) is 0. The first kappa shape index (κ1) is 4.90. The molecule has 0 radical (unpaired) electrons. The molecule has 1 aliphatic rings. The molecular formula is C5H5NO2. The first-order valence-electron chi connectivity index (χ1n) is 2.13. The summed E-state index contributed by atoms with van der Waals surface area (Å²) >= 11 is 0. The summed E-state index contributed by atoms with van der Waals surface area (Å²) in [6.45, 7) is 3.39. The van der Waals surface area contributed by atoms with Crippen molar-refractivity contribution in [2.45, 2.75) is 0 Å². The molecule has 0 bridgehead atoms. The Labute approximate surface area is 46.6 Å². The summed E-state index contributed by atoms with van der Waals surface area (Å²) in [6, 6.07) is 0. The van der Waals surface area contributed by atoms with Gasteiger partial charge in [-0.2, -0.15) is 0 Å². The minimum absolute atomic E-state index is 0.369. The van der Waals surface area contributed by atoms with Crippen LogP contribution >= 0.6 is 0 Å². The van der Waals surface area contributed by atoms with Crippen molar-refractivity contribution < 1.29 is 9.53 Å². The second-order valence-corrected chi connectivity index (χ2v) is 1.33. The van der Waals surface area contributed by atoms with Gasteiger partial charge in [-0.05, 0) is 6.08 Å². The molecule has 1 aliphatic heterocycles. The fourth-order valence-corrected chi connectivity index (χ4v) is 0.385. The topological polar surface area (TPSA) is 38.3 Å². The van der Waals surface area contributed by atoms with Gasteiger partial charge in [0.2, 0.25) is 0 Å². The molecule has 0 aromatic carbocycles. The Morgan fingerprint density at radius 2 is 2.50 bits per heavy atom. The van der Waals surface area contributed by atoms with Crippen molar-refractivity contribution in [2.24, 2.45) is 0 Å². The molecule has 0 fully saturated rings. The molecule has 0 saturated carbocycles.